The lowest BCUT2D eigenvalue weighted by Crippen LogP contribution is -2.23. The van der Waals surface area contributed by atoms with Gasteiger partial charge in [0.2, 0.25) is 5.91 Å². The molecular weight excluding hydrogens is 238 g/mol. The molecule has 2 heterocycles. The molecule has 0 spiro atoms. The second kappa shape index (κ2) is 3.83. The molecule has 1 fully saturated rings. The zero-order valence-corrected chi connectivity index (χ0v) is 9.14. The van der Waals surface area contributed by atoms with Gasteiger partial charge in [0.1, 0.15) is 0 Å². The summed E-state index contributed by atoms with van der Waals surface area (Å²) in [5.74, 6) is -1.87. The SMILES string of the molecule is O=C1CC(C(=O)O)[C@@H](c2ccc(Cl)s2)N1. The molecule has 2 rings (SSSR count). The van der Waals surface area contributed by atoms with E-state index in [9.17, 15) is 9.59 Å². The van der Waals surface area contributed by atoms with Crippen molar-refractivity contribution < 1.29 is 14.7 Å². The molecule has 80 valence electrons. The summed E-state index contributed by atoms with van der Waals surface area (Å²) in [6.45, 7) is 0. The quantitative estimate of drug-likeness (QED) is 0.833. The second-order valence-corrected chi connectivity index (χ2v) is 5.08. The molecule has 2 atom stereocenters. The average Bonchev–Trinajstić information content (AvgIpc) is 2.71. The normalized spacial score (nSPS) is 25.3. The molecule has 1 aromatic heterocycles. The Morgan fingerprint density at radius 2 is 2.33 bits per heavy atom. The van der Waals surface area contributed by atoms with Crippen LogP contribution in [0, 0.1) is 5.92 Å². The lowest BCUT2D eigenvalue weighted by Gasteiger charge is -2.12. The zero-order valence-electron chi connectivity index (χ0n) is 7.57. The molecule has 1 aromatic rings. The van der Waals surface area contributed by atoms with Gasteiger partial charge >= 0.3 is 5.97 Å². The van der Waals surface area contributed by atoms with Crippen molar-refractivity contribution in [2.75, 3.05) is 0 Å². The van der Waals surface area contributed by atoms with Crippen LogP contribution in [0.25, 0.3) is 0 Å². The molecule has 1 amide bonds. The summed E-state index contributed by atoms with van der Waals surface area (Å²) >= 11 is 7.06. The van der Waals surface area contributed by atoms with Gasteiger partial charge in [-0.1, -0.05) is 11.6 Å². The fourth-order valence-corrected chi connectivity index (χ4v) is 2.82. The largest absolute Gasteiger partial charge is 0.481 e. The van der Waals surface area contributed by atoms with Crippen molar-refractivity contribution in [1.29, 1.82) is 0 Å². The molecule has 1 aliphatic rings. The van der Waals surface area contributed by atoms with Crippen LogP contribution >= 0.6 is 22.9 Å². The highest BCUT2D eigenvalue weighted by Gasteiger charge is 2.39. The van der Waals surface area contributed by atoms with Gasteiger partial charge in [0, 0.05) is 11.3 Å². The van der Waals surface area contributed by atoms with Crippen molar-refractivity contribution in [3.63, 3.8) is 0 Å². The Morgan fingerprint density at radius 1 is 1.60 bits per heavy atom. The number of amides is 1. The third-order valence-electron chi connectivity index (χ3n) is 2.34. The van der Waals surface area contributed by atoms with E-state index in [4.69, 9.17) is 16.7 Å². The van der Waals surface area contributed by atoms with Crippen LogP contribution < -0.4 is 5.32 Å². The molecular formula is C9H8ClNO3S. The number of nitrogens with one attached hydrogen (secondary N) is 1. The Labute approximate surface area is 94.9 Å². The van der Waals surface area contributed by atoms with E-state index < -0.39 is 17.9 Å². The molecule has 1 saturated heterocycles. The predicted octanol–water partition coefficient (Wildman–Crippen LogP) is 1.66. The fourth-order valence-electron chi connectivity index (χ4n) is 1.65. The molecule has 15 heavy (non-hydrogen) atoms. The third-order valence-corrected chi connectivity index (χ3v) is 3.66. The minimum Gasteiger partial charge on any atom is -0.481 e. The van der Waals surface area contributed by atoms with E-state index in [1.807, 2.05) is 0 Å². The molecule has 0 bridgehead atoms. The summed E-state index contributed by atoms with van der Waals surface area (Å²) in [7, 11) is 0. The predicted molar refractivity (Wildman–Crippen MR) is 56.0 cm³/mol. The monoisotopic (exact) mass is 245 g/mol. The first kappa shape index (κ1) is 10.4. The number of rotatable bonds is 2. The average molecular weight is 246 g/mol. The van der Waals surface area contributed by atoms with Gasteiger partial charge in [0.25, 0.3) is 0 Å². The Kier molecular flexibility index (Phi) is 2.67. The van der Waals surface area contributed by atoms with E-state index in [0.29, 0.717) is 4.34 Å². The van der Waals surface area contributed by atoms with Crippen LogP contribution in [0.4, 0.5) is 0 Å². The number of aliphatic carboxylic acids is 1. The van der Waals surface area contributed by atoms with Crippen molar-refractivity contribution >= 4 is 34.8 Å². The summed E-state index contributed by atoms with van der Waals surface area (Å²) < 4.78 is 0.593. The minimum atomic E-state index is -0.956. The fraction of sp³-hybridized carbons (Fsp3) is 0.333. The van der Waals surface area contributed by atoms with Gasteiger partial charge in [0.15, 0.2) is 0 Å². The second-order valence-electron chi connectivity index (χ2n) is 3.34. The van der Waals surface area contributed by atoms with E-state index in [1.165, 1.54) is 11.3 Å². The summed E-state index contributed by atoms with van der Waals surface area (Å²) in [5.41, 5.74) is 0. The van der Waals surface area contributed by atoms with Crippen LogP contribution in [-0.2, 0) is 9.59 Å². The minimum absolute atomic E-state index is 0.0372. The number of thiophene rings is 1. The van der Waals surface area contributed by atoms with E-state index in [1.54, 1.807) is 12.1 Å². The van der Waals surface area contributed by atoms with Gasteiger partial charge in [0.05, 0.1) is 16.3 Å². The van der Waals surface area contributed by atoms with E-state index >= 15 is 0 Å². The lowest BCUT2D eigenvalue weighted by atomic mass is 10.00. The third kappa shape index (κ3) is 1.98. The highest BCUT2D eigenvalue weighted by molar-refractivity contribution is 7.16. The highest BCUT2D eigenvalue weighted by Crippen LogP contribution is 2.35. The molecule has 1 unspecified atom stereocenters. The molecule has 4 nitrogen and oxygen atoms in total. The van der Waals surface area contributed by atoms with E-state index in [2.05, 4.69) is 5.32 Å². The first-order valence-electron chi connectivity index (χ1n) is 4.35. The standard InChI is InChI=1S/C9H8ClNO3S/c10-6-2-1-5(15-6)8-4(9(13)14)3-7(12)11-8/h1-2,4,8H,3H2,(H,11,12)(H,13,14)/t4?,8-/m0/s1. The maximum absolute atomic E-state index is 11.1. The summed E-state index contributed by atoms with van der Waals surface area (Å²) in [4.78, 5) is 22.9. The Balaban J connectivity index is 2.27. The summed E-state index contributed by atoms with van der Waals surface area (Å²) in [6, 6.07) is 3.01. The molecule has 1 aliphatic heterocycles. The van der Waals surface area contributed by atoms with Crippen LogP contribution in [0.3, 0.4) is 0 Å². The van der Waals surface area contributed by atoms with Gasteiger partial charge in [-0.15, -0.1) is 11.3 Å². The van der Waals surface area contributed by atoms with Crippen molar-refractivity contribution in [3.05, 3.63) is 21.3 Å². The molecule has 0 radical (unpaired) electrons. The lowest BCUT2D eigenvalue weighted by molar-refractivity contribution is -0.142. The summed E-state index contributed by atoms with van der Waals surface area (Å²) in [5, 5.41) is 11.6. The van der Waals surface area contributed by atoms with Crippen LogP contribution in [0.1, 0.15) is 17.3 Å². The molecule has 0 aliphatic carbocycles. The van der Waals surface area contributed by atoms with Crippen molar-refractivity contribution in [1.82, 2.24) is 5.32 Å². The van der Waals surface area contributed by atoms with Crippen LogP contribution in [-0.4, -0.2) is 17.0 Å². The Bertz CT molecular complexity index is 417. The highest BCUT2D eigenvalue weighted by atomic mass is 35.5. The molecule has 2 N–H and O–H groups in total. The topological polar surface area (TPSA) is 66.4 Å². The number of carboxylic acid groups (broad SMARTS) is 1. The van der Waals surface area contributed by atoms with Crippen LogP contribution in [0.5, 0.6) is 0 Å². The maximum Gasteiger partial charge on any atom is 0.309 e. The van der Waals surface area contributed by atoms with Crippen molar-refractivity contribution in [2.45, 2.75) is 12.5 Å². The zero-order chi connectivity index (χ0) is 11.0. The number of carboxylic acids is 1. The molecule has 6 heteroatoms. The van der Waals surface area contributed by atoms with Crippen molar-refractivity contribution in [2.24, 2.45) is 5.92 Å². The first-order valence-corrected chi connectivity index (χ1v) is 5.55. The number of hydrogen-bond donors (Lipinski definition) is 2. The van der Waals surface area contributed by atoms with Crippen molar-refractivity contribution in [3.8, 4) is 0 Å². The van der Waals surface area contributed by atoms with Gasteiger partial charge in [-0.3, -0.25) is 9.59 Å². The molecule has 0 aromatic carbocycles. The van der Waals surface area contributed by atoms with E-state index in [-0.39, 0.29) is 12.3 Å². The van der Waals surface area contributed by atoms with Gasteiger partial charge in [-0.05, 0) is 12.1 Å². The Hall–Kier alpha value is -1.07. The number of halogens is 1. The van der Waals surface area contributed by atoms with Gasteiger partial charge < -0.3 is 10.4 Å². The number of hydrogen-bond acceptors (Lipinski definition) is 3. The Morgan fingerprint density at radius 3 is 2.87 bits per heavy atom. The van der Waals surface area contributed by atoms with Crippen LogP contribution in [0.15, 0.2) is 12.1 Å². The summed E-state index contributed by atoms with van der Waals surface area (Å²) in [6.07, 6.45) is 0.0372. The van der Waals surface area contributed by atoms with Crippen LogP contribution in [0.2, 0.25) is 4.34 Å². The maximum atomic E-state index is 11.1. The van der Waals surface area contributed by atoms with Gasteiger partial charge in [-0.2, -0.15) is 0 Å². The van der Waals surface area contributed by atoms with E-state index in [0.717, 1.165) is 4.88 Å². The number of carbonyl (C=O) groups excluding carboxylic acids is 1. The molecule has 0 saturated carbocycles. The van der Waals surface area contributed by atoms with Gasteiger partial charge in [-0.25, -0.2) is 0 Å². The first-order chi connectivity index (χ1) is 7.08. The smallest absolute Gasteiger partial charge is 0.309 e. The number of carbonyl (C=O) groups is 2.